The number of anilines is 1. The number of thioether (sulfide) groups is 1. The molecule has 7 nitrogen and oxygen atoms in total. The quantitative estimate of drug-likeness (QED) is 0.674. The predicted molar refractivity (Wildman–Crippen MR) is 117 cm³/mol. The van der Waals surface area contributed by atoms with Gasteiger partial charge in [-0.15, -0.1) is 11.3 Å². The largest absolute Gasteiger partial charge is 0.465 e. The number of methoxy groups -OCH3 is 1. The van der Waals surface area contributed by atoms with Crippen LogP contribution in [-0.4, -0.2) is 40.8 Å². The zero-order chi connectivity index (χ0) is 20.9. The number of hydrogen-bond donors (Lipinski definition) is 2. The summed E-state index contributed by atoms with van der Waals surface area (Å²) < 4.78 is 4.73. The Morgan fingerprint density at radius 3 is 2.53 bits per heavy atom. The first-order valence-electron chi connectivity index (χ1n) is 10.5. The van der Waals surface area contributed by atoms with E-state index in [9.17, 15) is 14.4 Å². The summed E-state index contributed by atoms with van der Waals surface area (Å²) in [5.41, 5.74) is 0.317. The molecule has 2 amide bonds. The van der Waals surface area contributed by atoms with E-state index in [1.165, 1.54) is 49.5 Å². The molecule has 1 aromatic heterocycles. The molecule has 2 heterocycles. The summed E-state index contributed by atoms with van der Waals surface area (Å²) in [7, 11) is 1.30. The number of rotatable bonds is 5. The van der Waals surface area contributed by atoms with E-state index in [-0.39, 0.29) is 23.8 Å². The predicted octanol–water partition coefficient (Wildman–Crippen LogP) is 3.42. The Kier molecular flexibility index (Phi) is 5.13. The number of amidine groups is 1. The molecule has 5 aliphatic rings. The van der Waals surface area contributed by atoms with E-state index in [1.54, 1.807) is 11.4 Å². The number of carbonyl (C=O) groups is 3. The number of carbonyl (C=O) groups excluding carboxylic acids is 3. The van der Waals surface area contributed by atoms with Crippen molar-refractivity contribution in [2.24, 2.45) is 22.7 Å². The molecule has 1 saturated heterocycles. The number of thiophene rings is 1. The molecule has 9 heteroatoms. The fourth-order valence-corrected chi connectivity index (χ4v) is 7.90. The van der Waals surface area contributed by atoms with Gasteiger partial charge in [0.2, 0.25) is 11.8 Å². The molecule has 0 aromatic carbocycles. The van der Waals surface area contributed by atoms with Crippen LogP contribution in [0, 0.1) is 17.8 Å². The molecule has 4 saturated carbocycles. The molecule has 1 aliphatic heterocycles. The van der Waals surface area contributed by atoms with Crippen LogP contribution >= 0.6 is 23.1 Å². The highest BCUT2D eigenvalue weighted by Gasteiger charge is 2.51. The first kappa shape index (κ1) is 20.1. The number of ether oxygens (including phenoxy) is 1. The third kappa shape index (κ3) is 3.77. The third-order valence-electron chi connectivity index (χ3n) is 6.82. The zero-order valence-electron chi connectivity index (χ0n) is 16.8. The number of aliphatic imine (C=N–C) groups is 1. The van der Waals surface area contributed by atoms with Crippen molar-refractivity contribution in [3.63, 3.8) is 0 Å². The topological polar surface area (TPSA) is 96.9 Å². The van der Waals surface area contributed by atoms with Gasteiger partial charge in [-0.3, -0.25) is 14.6 Å². The van der Waals surface area contributed by atoms with E-state index < -0.39 is 11.2 Å². The molecule has 30 heavy (non-hydrogen) atoms. The van der Waals surface area contributed by atoms with E-state index in [2.05, 4.69) is 10.6 Å². The monoisotopic (exact) mass is 447 g/mol. The Morgan fingerprint density at radius 2 is 1.90 bits per heavy atom. The second-order valence-electron chi connectivity index (χ2n) is 9.06. The van der Waals surface area contributed by atoms with E-state index in [0.717, 1.165) is 37.0 Å². The summed E-state index contributed by atoms with van der Waals surface area (Å²) in [4.78, 5) is 41.8. The van der Waals surface area contributed by atoms with Crippen LogP contribution in [0.5, 0.6) is 0 Å². The van der Waals surface area contributed by atoms with Crippen molar-refractivity contribution in [3.05, 3.63) is 17.0 Å². The SMILES string of the molecule is COC(=O)c1ccsc1NC(=O)CC1SC(=NC23CC4CC(CC(C4)C2)C3)NC1=O. The van der Waals surface area contributed by atoms with Crippen molar-refractivity contribution < 1.29 is 19.1 Å². The summed E-state index contributed by atoms with van der Waals surface area (Å²) >= 11 is 2.62. The molecule has 1 unspecified atom stereocenters. The fourth-order valence-electron chi connectivity index (χ4n) is 6.03. The average molecular weight is 448 g/mol. The van der Waals surface area contributed by atoms with Crippen LogP contribution in [-0.2, 0) is 14.3 Å². The zero-order valence-corrected chi connectivity index (χ0v) is 18.4. The third-order valence-corrected chi connectivity index (χ3v) is 8.73. The smallest absolute Gasteiger partial charge is 0.340 e. The van der Waals surface area contributed by atoms with Gasteiger partial charge in [-0.1, -0.05) is 11.8 Å². The van der Waals surface area contributed by atoms with Crippen LogP contribution in [0.2, 0.25) is 0 Å². The van der Waals surface area contributed by atoms with Gasteiger partial charge in [0.05, 0.1) is 18.2 Å². The molecule has 2 N–H and O–H groups in total. The van der Waals surface area contributed by atoms with Crippen LogP contribution in [0.15, 0.2) is 16.4 Å². The fraction of sp³-hybridized carbons (Fsp3) is 0.619. The number of nitrogens with zero attached hydrogens (tertiary/aromatic N) is 1. The summed E-state index contributed by atoms with van der Waals surface area (Å²) in [5, 5.41) is 7.98. The van der Waals surface area contributed by atoms with Gasteiger partial charge < -0.3 is 15.4 Å². The van der Waals surface area contributed by atoms with Crippen molar-refractivity contribution in [2.75, 3.05) is 12.4 Å². The Labute approximate surface area is 183 Å². The molecule has 5 fully saturated rings. The van der Waals surface area contributed by atoms with Crippen LogP contribution in [0.3, 0.4) is 0 Å². The minimum Gasteiger partial charge on any atom is -0.465 e. The molecule has 1 aromatic rings. The van der Waals surface area contributed by atoms with Crippen molar-refractivity contribution in [1.29, 1.82) is 0 Å². The van der Waals surface area contributed by atoms with E-state index >= 15 is 0 Å². The van der Waals surface area contributed by atoms with Crippen LogP contribution in [0.1, 0.15) is 55.3 Å². The molecular formula is C21H25N3O4S2. The van der Waals surface area contributed by atoms with Crippen LogP contribution in [0.25, 0.3) is 0 Å². The van der Waals surface area contributed by atoms with Crippen LogP contribution in [0.4, 0.5) is 5.00 Å². The summed E-state index contributed by atoms with van der Waals surface area (Å²) in [6.45, 7) is 0. The Morgan fingerprint density at radius 1 is 1.23 bits per heavy atom. The maximum Gasteiger partial charge on any atom is 0.340 e. The summed E-state index contributed by atoms with van der Waals surface area (Å²) in [6.07, 6.45) is 7.50. The number of amides is 2. The lowest BCUT2D eigenvalue weighted by molar-refractivity contribution is -0.122. The number of esters is 1. The molecule has 6 rings (SSSR count). The minimum atomic E-state index is -0.501. The van der Waals surface area contributed by atoms with Crippen LogP contribution < -0.4 is 10.6 Å². The highest BCUT2D eigenvalue weighted by Crippen LogP contribution is 2.57. The molecule has 160 valence electrons. The van der Waals surface area contributed by atoms with Gasteiger partial charge in [0, 0.05) is 6.42 Å². The summed E-state index contributed by atoms with van der Waals surface area (Å²) in [6, 6.07) is 1.61. The highest BCUT2D eigenvalue weighted by molar-refractivity contribution is 8.15. The lowest BCUT2D eigenvalue weighted by Gasteiger charge is -2.55. The maximum atomic E-state index is 12.5. The second kappa shape index (κ2) is 7.67. The minimum absolute atomic E-state index is 0.00606. The molecule has 1 atom stereocenters. The molecule has 4 aliphatic carbocycles. The average Bonchev–Trinajstić information content (AvgIpc) is 3.26. The van der Waals surface area contributed by atoms with E-state index in [1.807, 2.05) is 0 Å². The Hall–Kier alpha value is -1.87. The van der Waals surface area contributed by atoms with Gasteiger partial charge in [-0.25, -0.2) is 4.79 Å². The Balaban J connectivity index is 1.23. The highest BCUT2D eigenvalue weighted by atomic mass is 32.2. The molecule has 0 spiro atoms. The van der Waals surface area contributed by atoms with Crippen molar-refractivity contribution in [3.8, 4) is 0 Å². The molecule has 4 bridgehead atoms. The lowest BCUT2D eigenvalue weighted by atomic mass is 9.53. The maximum absolute atomic E-state index is 12.5. The first-order chi connectivity index (χ1) is 14.4. The van der Waals surface area contributed by atoms with Gasteiger partial charge in [-0.05, 0) is 67.7 Å². The molecular weight excluding hydrogens is 422 g/mol. The number of hydrogen-bond acceptors (Lipinski definition) is 7. The number of nitrogens with one attached hydrogen (secondary N) is 2. The van der Waals surface area contributed by atoms with Crippen molar-refractivity contribution >= 4 is 51.1 Å². The first-order valence-corrected chi connectivity index (χ1v) is 12.2. The van der Waals surface area contributed by atoms with E-state index in [0.29, 0.717) is 15.7 Å². The van der Waals surface area contributed by atoms with Gasteiger partial charge in [0.25, 0.3) is 0 Å². The van der Waals surface area contributed by atoms with Gasteiger partial charge >= 0.3 is 5.97 Å². The van der Waals surface area contributed by atoms with E-state index in [4.69, 9.17) is 9.73 Å². The van der Waals surface area contributed by atoms with Crippen molar-refractivity contribution in [2.45, 2.75) is 55.7 Å². The molecule has 0 radical (unpaired) electrons. The lowest BCUT2D eigenvalue weighted by Crippen LogP contribution is -2.50. The van der Waals surface area contributed by atoms with Crippen molar-refractivity contribution in [1.82, 2.24) is 5.32 Å². The van der Waals surface area contributed by atoms with Gasteiger partial charge in [-0.2, -0.15) is 0 Å². The Bertz CT molecular complexity index is 890. The summed E-state index contributed by atoms with van der Waals surface area (Å²) in [5.74, 6) is 1.41. The second-order valence-corrected chi connectivity index (χ2v) is 11.2. The normalized spacial score (nSPS) is 35.5. The van der Waals surface area contributed by atoms with Gasteiger partial charge in [0.1, 0.15) is 10.3 Å². The van der Waals surface area contributed by atoms with Gasteiger partial charge in [0.15, 0.2) is 5.17 Å². The standard InChI is InChI=1S/C21H25N3O4S2/c1-28-19(27)14-2-3-29-18(14)22-16(25)7-15-17(26)23-20(30-15)24-21-8-11-4-12(9-21)6-13(5-11)10-21/h2-3,11-13,15H,4-10H2,1H3,(H,22,25)(H,23,24,26).